The third kappa shape index (κ3) is 4.91. The first-order valence-corrected chi connectivity index (χ1v) is 6.21. The maximum absolute atomic E-state index is 11.5. The first-order chi connectivity index (χ1) is 8.31. The van der Waals surface area contributed by atoms with E-state index in [0.717, 1.165) is 0 Å². The Hall–Kier alpha value is -1.30. The largest absolute Gasteiger partial charge is 0.465 e. The molecule has 1 rings (SSSR count). The van der Waals surface area contributed by atoms with Crippen LogP contribution in [-0.4, -0.2) is 42.9 Å². The molecule has 0 aromatic rings. The summed E-state index contributed by atoms with van der Waals surface area (Å²) < 4.78 is 10.1. The van der Waals surface area contributed by atoms with Crippen molar-refractivity contribution in [3.05, 3.63) is 0 Å². The molecule has 0 radical (unpaired) electrons. The first-order valence-electron chi connectivity index (χ1n) is 6.21. The Morgan fingerprint density at radius 1 is 1.39 bits per heavy atom. The molecule has 0 unspecified atom stereocenters. The van der Waals surface area contributed by atoms with Crippen molar-refractivity contribution in [3.8, 4) is 0 Å². The van der Waals surface area contributed by atoms with Crippen molar-refractivity contribution in [2.75, 3.05) is 13.2 Å². The van der Waals surface area contributed by atoms with Crippen LogP contribution in [0.25, 0.3) is 0 Å². The summed E-state index contributed by atoms with van der Waals surface area (Å²) in [5.41, 5.74) is -0.517. The molecule has 0 aliphatic carbocycles. The van der Waals surface area contributed by atoms with Gasteiger partial charge in [0.15, 0.2) is 0 Å². The van der Waals surface area contributed by atoms with Crippen LogP contribution >= 0.6 is 0 Å². The fraction of sp³-hybridized carbons (Fsp3) is 0.833. The Kier molecular flexibility index (Phi) is 4.95. The summed E-state index contributed by atoms with van der Waals surface area (Å²) in [7, 11) is 0. The lowest BCUT2D eigenvalue weighted by atomic mass is 10.2. The number of carbonyl (C=O) groups is 2. The molecule has 6 nitrogen and oxygen atoms in total. The van der Waals surface area contributed by atoms with E-state index in [1.807, 2.05) is 0 Å². The lowest BCUT2D eigenvalue weighted by Crippen LogP contribution is -2.40. The average Bonchev–Trinajstić information content (AvgIpc) is 2.63. The summed E-state index contributed by atoms with van der Waals surface area (Å²) in [4.78, 5) is 23.0. The molecule has 6 heteroatoms. The van der Waals surface area contributed by atoms with Gasteiger partial charge in [0.2, 0.25) is 0 Å². The molecule has 2 N–H and O–H groups in total. The number of rotatable bonds is 3. The maximum atomic E-state index is 11.5. The fourth-order valence-corrected chi connectivity index (χ4v) is 1.74. The molecule has 104 valence electrons. The van der Waals surface area contributed by atoms with Gasteiger partial charge in [0.1, 0.15) is 11.6 Å². The maximum Gasteiger partial charge on any atom is 0.407 e. The van der Waals surface area contributed by atoms with Gasteiger partial charge in [-0.15, -0.1) is 0 Å². The third-order valence-corrected chi connectivity index (χ3v) is 2.42. The standard InChI is InChI=1S/C12H22N2O4/c1-5-17-10(15)9-6-8(7-13-9)14-11(16)18-12(2,3)4/h8-9,13H,5-7H2,1-4H3,(H,14,16)/t8-,9+/m0/s1. The quantitative estimate of drug-likeness (QED) is 0.732. The summed E-state index contributed by atoms with van der Waals surface area (Å²) in [5, 5.41) is 5.75. The summed E-state index contributed by atoms with van der Waals surface area (Å²) in [6, 6.07) is -0.445. The van der Waals surface area contributed by atoms with Crippen molar-refractivity contribution < 1.29 is 19.1 Å². The number of carbonyl (C=O) groups excluding carboxylic acids is 2. The second-order valence-electron chi connectivity index (χ2n) is 5.29. The number of ether oxygens (including phenoxy) is 2. The molecule has 1 aliphatic rings. The fourth-order valence-electron chi connectivity index (χ4n) is 1.74. The van der Waals surface area contributed by atoms with Crippen molar-refractivity contribution in [2.45, 2.75) is 51.8 Å². The van der Waals surface area contributed by atoms with Crippen LogP contribution in [0, 0.1) is 0 Å². The highest BCUT2D eigenvalue weighted by molar-refractivity contribution is 5.76. The van der Waals surface area contributed by atoms with Gasteiger partial charge in [0.05, 0.1) is 6.61 Å². The van der Waals surface area contributed by atoms with Gasteiger partial charge in [-0.2, -0.15) is 0 Å². The lowest BCUT2D eigenvalue weighted by molar-refractivity contribution is -0.145. The van der Waals surface area contributed by atoms with Crippen LogP contribution < -0.4 is 10.6 Å². The minimum atomic E-state index is -0.517. The number of hydrogen-bond acceptors (Lipinski definition) is 5. The van der Waals surface area contributed by atoms with Crippen molar-refractivity contribution >= 4 is 12.1 Å². The Morgan fingerprint density at radius 2 is 2.06 bits per heavy atom. The van der Waals surface area contributed by atoms with E-state index in [4.69, 9.17) is 9.47 Å². The van der Waals surface area contributed by atoms with Crippen LogP contribution in [0.3, 0.4) is 0 Å². The van der Waals surface area contributed by atoms with E-state index in [-0.39, 0.29) is 18.1 Å². The molecular weight excluding hydrogens is 236 g/mol. The third-order valence-electron chi connectivity index (χ3n) is 2.42. The van der Waals surface area contributed by atoms with Crippen LogP contribution in [0.4, 0.5) is 4.79 Å². The van der Waals surface area contributed by atoms with Gasteiger partial charge < -0.3 is 20.1 Å². The molecule has 1 fully saturated rings. The highest BCUT2D eigenvalue weighted by Gasteiger charge is 2.32. The van der Waals surface area contributed by atoms with Gasteiger partial charge in [0.25, 0.3) is 0 Å². The normalized spacial score (nSPS) is 23.6. The Balaban J connectivity index is 2.34. The van der Waals surface area contributed by atoms with E-state index in [1.54, 1.807) is 27.7 Å². The molecule has 0 spiro atoms. The van der Waals surface area contributed by atoms with E-state index >= 15 is 0 Å². The molecule has 1 aliphatic heterocycles. The molecule has 0 aromatic heterocycles. The highest BCUT2D eigenvalue weighted by atomic mass is 16.6. The molecule has 0 aromatic carbocycles. The number of esters is 1. The monoisotopic (exact) mass is 258 g/mol. The molecule has 2 atom stereocenters. The Labute approximate surface area is 107 Å². The second kappa shape index (κ2) is 6.04. The number of hydrogen-bond donors (Lipinski definition) is 2. The summed E-state index contributed by atoms with van der Waals surface area (Å²) in [5.74, 6) is -0.272. The van der Waals surface area contributed by atoms with Crippen LogP contribution in [-0.2, 0) is 14.3 Å². The molecule has 1 amide bonds. The number of amides is 1. The number of alkyl carbamates (subject to hydrolysis) is 1. The zero-order chi connectivity index (χ0) is 13.8. The van der Waals surface area contributed by atoms with E-state index in [9.17, 15) is 9.59 Å². The minimum absolute atomic E-state index is 0.103. The zero-order valence-electron chi connectivity index (χ0n) is 11.4. The van der Waals surface area contributed by atoms with Gasteiger partial charge in [-0.3, -0.25) is 4.79 Å². The van der Waals surface area contributed by atoms with Crippen LogP contribution in [0.5, 0.6) is 0 Å². The lowest BCUT2D eigenvalue weighted by Gasteiger charge is -2.21. The topological polar surface area (TPSA) is 76.7 Å². The molecular formula is C12H22N2O4. The summed E-state index contributed by atoms with van der Waals surface area (Å²) in [6.45, 7) is 8.09. The first kappa shape index (κ1) is 14.8. The van der Waals surface area contributed by atoms with Crippen molar-refractivity contribution in [1.29, 1.82) is 0 Å². The SMILES string of the molecule is CCOC(=O)[C@H]1C[C@H](NC(=O)OC(C)(C)C)CN1. The van der Waals surface area contributed by atoms with Gasteiger partial charge in [0, 0.05) is 12.6 Å². The van der Waals surface area contributed by atoms with Crippen LogP contribution in [0.15, 0.2) is 0 Å². The second-order valence-corrected chi connectivity index (χ2v) is 5.29. The van der Waals surface area contributed by atoms with E-state index in [2.05, 4.69) is 10.6 Å². The van der Waals surface area contributed by atoms with Crippen LogP contribution in [0.2, 0.25) is 0 Å². The Morgan fingerprint density at radius 3 is 2.61 bits per heavy atom. The van der Waals surface area contributed by atoms with Crippen molar-refractivity contribution in [1.82, 2.24) is 10.6 Å². The highest BCUT2D eigenvalue weighted by Crippen LogP contribution is 2.11. The average molecular weight is 258 g/mol. The Bertz CT molecular complexity index is 312. The zero-order valence-corrected chi connectivity index (χ0v) is 11.4. The van der Waals surface area contributed by atoms with Gasteiger partial charge in [-0.25, -0.2) is 4.79 Å². The minimum Gasteiger partial charge on any atom is -0.465 e. The van der Waals surface area contributed by atoms with E-state index in [0.29, 0.717) is 19.6 Å². The summed E-state index contributed by atoms with van der Waals surface area (Å²) in [6.07, 6.45) is 0.0664. The van der Waals surface area contributed by atoms with E-state index < -0.39 is 11.7 Å². The molecule has 0 saturated carbocycles. The van der Waals surface area contributed by atoms with Crippen molar-refractivity contribution in [3.63, 3.8) is 0 Å². The molecule has 18 heavy (non-hydrogen) atoms. The van der Waals surface area contributed by atoms with Gasteiger partial charge in [-0.1, -0.05) is 0 Å². The smallest absolute Gasteiger partial charge is 0.407 e. The molecule has 1 saturated heterocycles. The van der Waals surface area contributed by atoms with Gasteiger partial charge >= 0.3 is 12.1 Å². The predicted molar refractivity (Wildman–Crippen MR) is 66.2 cm³/mol. The predicted octanol–water partition coefficient (Wildman–Crippen LogP) is 0.805. The van der Waals surface area contributed by atoms with Crippen molar-refractivity contribution in [2.24, 2.45) is 0 Å². The number of nitrogens with one attached hydrogen (secondary N) is 2. The van der Waals surface area contributed by atoms with E-state index in [1.165, 1.54) is 0 Å². The van der Waals surface area contributed by atoms with Crippen LogP contribution in [0.1, 0.15) is 34.1 Å². The molecule has 0 bridgehead atoms. The van der Waals surface area contributed by atoms with Gasteiger partial charge in [-0.05, 0) is 34.1 Å². The summed E-state index contributed by atoms with van der Waals surface area (Å²) >= 11 is 0. The molecule has 1 heterocycles.